The molecule has 0 saturated carbocycles. The summed E-state index contributed by atoms with van der Waals surface area (Å²) < 4.78 is 0. The molecular formula is C14H14ClN3O. The number of benzene rings is 1. The molecule has 5 heteroatoms. The normalized spacial score (nSPS) is 10.3. The fourth-order valence-corrected chi connectivity index (χ4v) is 1.84. The maximum absolute atomic E-state index is 12.0. The van der Waals surface area contributed by atoms with E-state index in [1.54, 1.807) is 31.2 Å². The molecule has 2 rings (SSSR count). The Bertz CT molecular complexity index is 596. The maximum atomic E-state index is 12.0. The van der Waals surface area contributed by atoms with Gasteiger partial charge in [0.05, 0.1) is 11.4 Å². The molecule has 0 radical (unpaired) electrons. The second kappa shape index (κ2) is 5.82. The minimum absolute atomic E-state index is 0.184. The van der Waals surface area contributed by atoms with Gasteiger partial charge in [0.25, 0.3) is 5.91 Å². The van der Waals surface area contributed by atoms with Crippen LogP contribution in [0.25, 0.3) is 0 Å². The fourth-order valence-electron chi connectivity index (χ4n) is 1.65. The predicted molar refractivity (Wildman–Crippen MR) is 76.3 cm³/mol. The highest BCUT2D eigenvalue weighted by atomic mass is 35.5. The SMILES string of the molecule is Cc1nc(Cl)ccc1NC(=O)c1ccc(CN)cc1. The highest BCUT2D eigenvalue weighted by molar-refractivity contribution is 6.29. The van der Waals surface area contributed by atoms with Crippen molar-refractivity contribution in [2.45, 2.75) is 13.5 Å². The van der Waals surface area contributed by atoms with Crippen molar-refractivity contribution in [1.82, 2.24) is 4.98 Å². The topological polar surface area (TPSA) is 68.0 Å². The van der Waals surface area contributed by atoms with Crippen molar-refractivity contribution in [3.8, 4) is 0 Å². The van der Waals surface area contributed by atoms with Gasteiger partial charge in [-0.05, 0) is 36.8 Å². The average Bonchev–Trinajstić information content (AvgIpc) is 2.42. The number of carbonyl (C=O) groups excluding carboxylic acids is 1. The van der Waals surface area contributed by atoms with Crippen LogP contribution in [0.4, 0.5) is 5.69 Å². The van der Waals surface area contributed by atoms with E-state index in [1.165, 1.54) is 0 Å². The Labute approximate surface area is 116 Å². The Morgan fingerprint density at radius 1 is 1.26 bits per heavy atom. The van der Waals surface area contributed by atoms with Gasteiger partial charge in [-0.15, -0.1) is 0 Å². The first kappa shape index (κ1) is 13.5. The van der Waals surface area contributed by atoms with E-state index in [0.717, 1.165) is 5.56 Å². The fraction of sp³-hybridized carbons (Fsp3) is 0.143. The molecule has 4 nitrogen and oxygen atoms in total. The summed E-state index contributed by atoms with van der Waals surface area (Å²) >= 11 is 5.77. The van der Waals surface area contributed by atoms with Crippen LogP contribution >= 0.6 is 11.6 Å². The van der Waals surface area contributed by atoms with Gasteiger partial charge in [-0.1, -0.05) is 23.7 Å². The summed E-state index contributed by atoms with van der Waals surface area (Å²) in [6.45, 7) is 2.25. The van der Waals surface area contributed by atoms with Gasteiger partial charge in [-0.3, -0.25) is 4.79 Å². The summed E-state index contributed by atoms with van der Waals surface area (Å²) in [6, 6.07) is 10.5. The lowest BCUT2D eigenvalue weighted by atomic mass is 10.1. The van der Waals surface area contributed by atoms with Crippen LogP contribution in [0, 0.1) is 6.92 Å². The summed E-state index contributed by atoms with van der Waals surface area (Å²) in [4.78, 5) is 16.1. The Morgan fingerprint density at radius 2 is 1.95 bits per heavy atom. The van der Waals surface area contributed by atoms with Gasteiger partial charge in [0.1, 0.15) is 5.15 Å². The Balaban J connectivity index is 2.15. The molecule has 1 heterocycles. The van der Waals surface area contributed by atoms with E-state index in [9.17, 15) is 4.79 Å². The van der Waals surface area contributed by atoms with Gasteiger partial charge in [0.2, 0.25) is 0 Å². The number of aryl methyl sites for hydroxylation is 1. The first-order valence-corrected chi connectivity index (χ1v) is 6.21. The van der Waals surface area contributed by atoms with Gasteiger partial charge in [0, 0.05) is 12.1 Å². The zero-order chi connectivity index (χ0) is 13.8. The minimum atomic E-state index is -0.184. The van der Waals surface area contributed by atoms with Crippen LogP contribution in [0.5, 0.6) is 0 Å². The summed E-state index contributed by atoms with van der Waals surface area (Å²) in [7, 11) is 0. The number of pyridine rings is 1. The van der Waals surface area contributed by atoms with Crippen molar-refractivity contribution in [2.75, 3.05) is 5.32 Å². The molecule has 2 aromatic rings. The largest absolute Gasteiger partial charge is 0.326 e. The number of rotatable bonds is 3. The molecule has 0 aliphatic carbocycles. The molecule has 19 heavy (non-hydrogen) atoms. The van der Waals surface area contributed by atoms with Crippen LogP contribution in [-0.4, -0.2) is 10.9 Å². The van der Waals surface area contributed by atoms with Crippen molar-refractivity contribution in [3.63, 3.8) is 0 Å². The summed E-state index contributed by atoms with van der Waals surface area (Å²) in [5.74, 6) is -0.184. The molecule has 98 valence electrons. The second-order valence-corrected chi connectivity index (χ2v) is 4.51. The van der Waals surface area contributed by atoms with Crippen molar-refractivity contribution in [2.24, 2.45) is 5.73 Å². The third kappa shape index (κ3) is 3.30. The van der Waals surface area contributed by atoms with E-state index < -0.39 is 0 Å². The van der Waals surface area contributed by atoms with Crippen molar-refractivity contribution in [1.29, 1.82) is 0 Å². The van der Waals surface area contributed by atoms with E-state index >= 15 is 0 Å². The quantitative estimate of drug-likeness (QED) is 0.847. The molecule has 0 aliphatic heterocycles. The summed E-state index contributed by atoms with van der Waals surface area (Å²) in [5, 5.41) is 3.21. The number of nitrogens with two attached hydrogens (primary N) is 1. The highest BCUT2D eigenvalue weighted by Gasteiger charge is 2.08. The van der Waals surface area contributed by atoms with Gasteiger partial charge in [0.15, 0.2) is 0 Å². The van der Waals surface area contributed by atoms with E-state index in [2.05, 4.69) is 10.3 Å². The monoisotopic (exact) mass is 275 g/mol. The Hall–Kier alpha value is -1.91. The van der Waals surface area contributed by atoms with E-state index in [1.807, 2.05) is 12.1 Å². The maximum Gasteiger partial charge on any atom is 0.255 e. The van der Waals surface area contributed by atoms with E-state index in [4.69, 9.17) is 17.3 Å². The van der Waals surface area contributed by atoms with Gasteiger partial charge in [-0.25, -0.2) is 4.98 Å². The molecule has 1 amide bonds. The van der Waals surface area contributed by atoms with Gasteiger partial charge < -0.3 is 11.1 Å². The molecule has 0 spiro atoms. The molecule has 0 aliphatic rings. The number of nitrogens with one attached hydrogen (secondary N) is 1. The second-order valence-electron chi connectivity index (χ2n) is 4.12. The number of hydrogen-bond acceptors (Lipinski definition) is 3. The number of hydrogen-bond donors (Lipinski definition) is 2. The number of anilines is 1. The zero-order valence-electron chi connectivity index (χ0n) is 10.5. The van der Waals surface area contributed by atoms with Crippen LogP contribution in [0.1, 0.15) is 21.6 Å². The minimum Gasteiger partial charge on any atom is -0.326 e. The summed E-state index contributed by atoms with van der Waals surface area (Å²) in [5.41, 5.74) is 8.41. The number of halogens is 1. The van der Waals surface area contributed by atoms with Crippen LogP contribution in [-0.2, 0) is 6.54 Å². The molecule has 0 bridgehead atoms. The van der Waals surface area contributed by atoms with Crippen molar-refractivity contribution in [3.05, 3.63) is 58.4 Å². The molecular weight excluding hydrogens is 262 g/mol. The number of carbonyl (C=O) groups is 1. The number of amides is 1. The van der Waals surface area contributed by atoms with Crippen LogP contribution < -0.4 is 11.1 Å². The Morgan fingerprint density at radius 3 is 2.53 bits per heavy atom. The lowest BCUT2D eigenvalue weighted by molar-refractivity contribution is 0.102. The molecule has 1 aromatic carbocycles. The first-order valence-electron chi connectivity index (χ1n) is 5.83. The van der Waals surface area contributed by atoms with Gasteiger partial charge >= 0.3 is 0 Å². The van der Waals surface area contributed by atoms with E-state index in [0.29, 0.717) is 28.6 Å². The number of nitrogens with zero attached hydrogens (tertiary/aromatic N) is 1. The van der Waals surface area contributed by atoms with Crippen LogP contribution in [0.3, 0.4) is 0 Å². The van der Waals surface area contributed by atoms with Crippen molar-refractivity contribution < 1.29 is 4.79 Å². The van der Waals surface area contributed by atoms with Gasteiger partial charge in [-0.2, -0.15) is 0 Å². The van der Waals surface area contributed by atoms with Crippen LogP contribution in [0.15, 0.2) is 36.4 Å². The highest BCUT2D eigenvalue weighted by Crippen LogP contribution is 2.16. The standard InChI is InChI=1S/C14H14ClN3O/c1-9-12(6-7-13(15)17-9)18-14(19)11-4-2-10(8-16)3-5-11/h2-7H,8,16H2,1H3,(H,18,19). The first-order chi connectivity index (χ1) is 9.10. The lowest BCUT2D eigenvalue weighted by Crippen LogP contribution is -2.13. The molecule has 0 unspecified atom stereocenters. The molecule has 0 atom stereocenters. The van der Waals surface area contributed by atoms with Crippen molar-refractivity contribution >= 4 is 23.2 Å². The predicted octanol–water partition coefficient (Wildman–Crippen LogP) is 2.75. The molecule has 1 aromatic heterocycles. The molecule has 0 saturated heterocycles. The molecule has 3 N–H and O–H groups in total. The third-order valence-electron chi connectivity index (χ3n) is 2.75. The number of aromatic nitrogens is 1. The molecule has 0 fully saturated rings. The van der Waals surface area contributed by atoms with Crippen LogP contribution in [0.2, 0.25) is 5.15 Å². The smallest absolute Gasteiger partial charge is 0.255 e. The van der Waals surface area contributed by atoms with E-state index in [-0.39, 0.29) is 5.91 Å². The lowest BCUT2D eigenvalue weighted by Gasteiger charge is -2.08. The average molecular weight is 276 g/mol. The zero-order valence-corrected chi connectivity index (χ0v) is 11.2. The Kier molecular flexibility index (Phi) is 4.14. The summed E-state index contributed by atoms with van der Waals surface area (Å²) in [6.07, 6.45) is 0. The third-order valence-corrected chi connectivity index (χ3v) is 2.96.